The zero-order valence-corrected chi connectivity index (χ0v) is 21.0. The maximum Gasteiger partial charge on any atom is 0.267 e. The van der Waals surface area contributed by atoms with Crippen molar-refractivity contribution in [3.05, 3.63) is 70.8 Å². The van der Waals surface area contributed by atoms with E-state index in [1.54, 1.807) is 0 Å². The first-order chi connectivity index (χ1) is 15.2. The normalized spacial score (nSPS) is 18.3. The van der Waals surface area contributed by atoms with Crippen LogP contribution in [0.5, 0.6) is 0 Å². The number of rotatable bonds is 8. The summed E-state index contributed by atoms with van der Waals surface area (Å²) in [5, 5.41) is 2.87. The minimum atomic E-state index is -3.08. The van der Waals surface area contributed by atoms with Crippen LogP contribution in [-0.4, -0.2) is 24.5 Å². The van der Waals surface area contributed by atoms with E-state index in [0.29, 0.717) is 6.61 Å². The number of carbonyl (C=O) groups is 1. The molecule has 1 aliphatic rings. The molecule has 1 fully saturated rings. The van der Waals surface area contributed by atoms with E-state index in [1.165, 1.54) is 36.3 Å². The molecule has 0 spiro atoms. The minimum absolute atomic E-state index is 0.0456. The lowest BCUT2D eigenvalue weighted by molar-refractivity contribution is -0.129. The van der Waals surface area contributed by atoms with E-state index in [-0.39, 0.29) is 23.3 Å². The SMILES string of the molecule is C=C/C=C\C(C(=O)NC1COC1c1ccc(C)cc1CCC)=C(/C)C(C)(F)F.CC.CC. The van der Waals surface area contributed by atoms with Gasteiger partial charge in [-0.25, -0.2) is 8.78 Å². The molecule has 0 saturated carbocycles. The van der Waals surface area contributed by atoms with Gasteiger partial charge in [-0.05, 0) is 37.5 Å². The summed E-state index contributed by atoms with van der Waals surface area (Å²) in [5.74, 6) is -3.61. The standard InChI is InChI=1S/C23H29F2NO2.2C2H6/c1-6-8-10-18(16(4)23(5,24)25)22(27)26-20-14-28-21(20)19-12-11-15(3)13-17(19)9-7-2;2*1-2/h6,8,10-13,20-21H,1,7,9,14H2,2-5H3,(H,26,27);2*1-2H3/b10-8-,18-16-;;. The number of aryl methyl sites for hydroxylation is 2. The maximum atomic E-state index is 13.8. The molecule has 0 bridgehead atoms. The van der Waals surface area contributed by atoms with Crippen molar-refractivity contribution in [3.8, 4) is 0 Å². The van der Waals surface area contributed by atoms with Crippen molar-refractivity contribution in [1.82, 2.24) is 5.32 Å². The van der Waals surface area contributed by atoms with Crippen molar-refractivity contribution < 1.29 is 18.3 Å². The molecular formula is C27H41F2NO2. The van der Waals surface area contributed by atoms with Gasteiger partial charge in [0.2, 0.25) is 0 Å². The van der Waals surface area contributed by atoms with Gasteiger partial charge in [-0.1, -0.05) is 83.5 Å². The highest BCUT2D eigenvalue weighted by molar-refractivity contribution is 5.97. The molecule has 2 unspecified atom stereocenters. The monoisotopic (exact) mass is 449 g/mol. The molecule has 1 N–H and O–H groups in total. The molecule has 1 amide bonds. The number of halogens is 2. The second kappa shape index (κ2) is 14.7. The maximum absolute atomic E-state index is 13.8. The zero-order valence-electron chi connectivity index (χ0n) is 21.0. The lowest BCUT2D eigenvalue weighted by atomic mass is 9.90. The summed E-state index contributed by atoms with van der Waals surface area (Å²) in [5.41, 5.74) is 3.10. The lowest BCUT2D eigenvalue weighted by Crippen LogP contribution is -2.51. The molecule has 0 radical (unpaired) electrons. The van der Waals surface area contributed by atoms with E-state index >= 15 is 0 Å². The second-order valence-corrected chi connectivity index (χ2v) is 7.31. The van der Waals surface area contributed by atoms with E-state index in [9.17, 15) is 13.6 Å². The van der Waals surface area contributed by atoms with Crippen molar-refractivity contribution in [2.24, 2.45) is 0 Å². The van der Waals surface area contributed by atoms with Gasteiger partial charge in [0.05, 0.1) is 12.6 Å². The van der Waals surface area contributed by atoms with E-state index < -0.39 is 11.8 Å². The van der Waals surface area contributed by atoms with Crippen molar-refractivity contribution in [3.63, 3.8) is 0 Å². The van der Waals surface area contributed by atoms with Crippen LogP contribution in [0.15, 0.2) is 54.2 Å². The zero-order chi connectivity index (χ0) is 24.9. The summed E-state index contributed by atoms with van der Waals surface area (Å²) >= 11 is 0. The molecule has 1 aromatic rings. The number of benzene rings is 1. The smallest absolute Gasteiger partial charge is 0.267 e. The van der Waals surface area contributed by atoms with Crippen molar-refractivity contribution in [2.75, 3.05) is 6.61 Å². The fourth-order valence-electron chi connectivity index (χ4n) is 3.23. The highest BCUT2D eigenvalue weighted by Crippen LogP contribution is 2.34. The Hall–Kier alpha value is -2.27. The molecule has 1 saturated heterocycles. The first-order valence-electron chi connectivity index (χ1n) is 11.6. The van der Waals surface area contributed by atoms with Crippen molar-refractivity contribution in [1.29, 1.82) is 0 Å². The fourth-order valence-corrected chi connectivity index (χ4v) is 3.23. The van der Waals surface area contributed by atoms with Crippen LogP contribution in [-0.2, 0) is 16.0 Å². The van der Waals surface area contributed by atoms with Crippen LogP contribution >= 0.6 is 0 Å². The first kappa shape index (κ1) is 29.7. The number of hydrogen-bond acceptors (Lipinski definition) is 2. The molecule has 2 rings (SSSR count). The molecule has 5 heteroatoms. The topological polar surface area (TPSA) is 38.3 Å². The summed E-state index contributed by atoms with van der Waals surface area (Å²) < 4.78 is 33.3. The van der Waals surface area contributed by atoms with Crippen molar-refractivity contribution in [2.45, 2.75) is 86.3 Å². The highest BCUT2D eigenvalue weighted by atomic mass is 19.3. The average Bonchev–Trinajstić information content (AvgIpc) is 2.75. The Morgan fingerprint density at radius 1 is 1.28 bits per heavy atom. The largest absolute Gasteiger partial charge is 0.369 e. The first-order valence-corrected chi connectivity index (χ1v) is 11.6. The Morgan fingerprint density at radius 3 is 2.38 bits per heavy atom. The molecule has 180 valence electrons. The second-order valence-electron chi connectivity index (χ2n) is 7.31. The molecule has 2 atom stereocenters. The van der Waals surface area contributed by atoms with Crippen LogP contribution in [0.25, 0.3) is 0 Å². The van der Waals surface area contributed by atoms with Gasteiger partial charge in [0.15, 0.2) is 0 Å². The van der Waals surface area contributed by atoms with Crippen LogP contribution < -0.4 is 5.32 Å². The van der Waals surface area contributed by atoms with Gasteiger partial charge >= 0.3 is 0 Å². The molecular weight excluding hydrogens is 408 g/mol. The third kappa shape index (κ3) is 8.34. The predicted molar refractivity (Wildman–Crippen MR) is 131 cm³/mol. The summed E-state index contributed by atoms with van der Waals surface area (Å²) in [6.07, 6.45) is 5.97. The van der Waals surface area contributed by atoms with Crippen LogP contribution in [0.2, 0.25) is 0 Å². The van der Waals surface area contributed by atoms with E-state index in [0.717, 1.165) is 25.3 Å². The van der Waals surface area contributed by atoms with Gasteiger partial charge in [-0.2, -0.15) is 0 Å². The fraction of sp³-hybridized carbons (Fsp3) is 0.519. The summed E-state index contributed by atoms with van der Waals surface area (Å²) in [7, 11) is 0. The molecule has 0 aliphatic carbocycles. The van der Waals surface area contributed by atoms with E-state index in [4.69, 9.17) is 4.74 Å². The summed E-state index contributed by atoms with van der Waals surface area (Å²) in [6.45, 7) is 18.1. The Labute approximate surface area is 193 Å². The van der Waals surface area contributed by atoms with Gasteiger partial charge in [0.1, 0.15) is 6.10 Å². The molecule has 32 heavy (non-hydrogen) atoms. The summed E-state index contributed by atoms with van der Waals surface area (Å²) in [6, 6.07) is 5.94. The Morgan fingerprint density at radius 2 is 1.91 bits per heavy atom. The van der Waals surface area contributed by atoms with Crippen LogP contribution in [0, 0.1) is 6.92 Å². The lowest BCUT2D eigenvalue weighted by Gasteiger charge is -2.39. The average molecular weight is 450 g/mol. The molecule has 1 aliphatic heterocycles. The van der Waals surface area contributed by atoms with Crippen molar-refractivity contribution >= 4 is 5.91 Å². The molecule has 1 aromatic carbocycles. The number of alkyl halides is 2. The van der Waals surface area contributed by atoms with Crippen LogP contribution in [0.4, 0.5) is 8.78 Å². The van der Waals surface area contributed by atoms with Gasteiger partial charge in [-0.3, -0.25) is 4.79 Å². The number of hydrogen-bond donors (Lipinski definition) is 1. The van der Waals surface area contributed by atoms with Gasteiger partial charge in [-0.15, -0.1) is 0 Å². The Balaban J connectivity index is 0.00000227. The number of ether oxygens (including phenoxy) is 1. The molecule has 0 aromatic heterocycles. The van der Waals surface area contributed by atoms with E-state index in [2.05, 4.69) is 24.9 Å². The van der Waals surface area contributed by atoms with Crippen LogP contribution in [0.1, 0.15) is 77.7 Å². The Bertz CT molecular complexity index is 791. The Kier molecular flexibility index (Phi) is 13.7. The van der Waals surface area contributed by atoms with E-state index in [1.807, 2.05) is 46.8 Å². The number of amides is 1. The number of carbonyl (C=O) groups excluding carboxylic acids is 1. The van der Waals surface area contributed by atoms with Gasteiger partial charge in [0.25, 0.3) is 11.8 Å². The minimum Gasteiger partial charge on any atom is -0.369 e. The quantitative estimate of drug-likeness (QED) is 0.335. The van der Waals surface area contributed by atoms with Gasteiger partial charge < -0.3 is 10.1 Å². The van der Waals surface area contributed by atoms with Gasteiger partial charge in [0, 0.05) is 18.1 Å². The third-order valence-electron chi connectivity index (χ3n) is 4.97. The number of nitrogens with one attached hydrogen (secondary N) is 1. The van der Waals surface area contributed by atoms with Crippen LogP contribution in [0.3, 0.4) is 0 Å². The molecule has 1 heterocycles. The number of allylic oxidation sites excluding steroid dienone is 3. The summed E-state index contributed by atoms with van der Waals surface area (Å²) in [4.78, 5) is 12.7. The highest BCUT2D eigenvalue weighted by Gasteiger charge is 2.37. The predicted octanol–water partition coefficient (Wildman–Crippen LogP) is 7.27. The third-order valence-corrected chi connectivity index (χ3v) is 4.97. The molecule has 3 nitrogen and oxygen atoms in total.